The molecule has 0 unspecified atom stereocenters. The van der Waals surface area contributed by atoms with E-state index in [1.165, 1.54) is 12.8 Å². The molecule has 1 aliphatic rings. The molecule has 1 fully saturated rings. The Bertz CT molecular complexity index is 625. The van der Waals surface area contributed by atoms with Gasteiger partial charge in [-0.25, -0.2) is 0 Å². The summed E-state index contributed by atoms with van der Waals surface area (Å²) in [6, 6.07) is 15.8. The van der Waals surface area contributed by atoms with Crippen molar-refractivity contribution in [2.45, 2.75) is 12.8 Å². The molecule has 22 heavy (non-hydrogen) atoms. The molecule has 0 aromatic heterocycles. The van der Waals surface area contributed by atoms with E-state index in [0.29, 0.717) is 6.54 Å². The molecule has 3 rings (SSSR count). The third-order valence-corrected chi connectivity index (χ3v) is 4.20. The number of methoxy groups -OCH3 is 1. The fraction of sp³-hybridized carbons (Fsp3) is 0.316. The maximum absolute atomic E-state index is 12.3. The monoisotopic (exact) mass is 295 g/mol. The fourth-order valence-electron chi connectivity index (χ4n) is 2.87. The van der Waals surface area contributed by atoms with E-state index in [1.54, 1.807) is 7.11 Å². The van der Waals surface area contributed by atoms with Crippen LogP contribution in [0.25, 0.3) is 11.1 Å². The third kappa shape index (κ3) is 3.37. The van der Waals surface area contributed by atoms with Gasteiger partial charge in [0.25, 0.3) is 0 Å². The van der Waals surface area contributed by atoms with Crippen molar-refractivity contribution in [1.82, 2.24) is 4.90 Å². The number of rotatable bonds is 5. The van der Waals surface area contributed by atoms with Gasteiger partial charge in [-0.1, -0.05) is 36.4 Å². The van der Waals surface area contributed by atoms with Gasteiger partial charge in [0.05, 0.1) is 13.7 Å². The van der Waals surface area contributed by atoms with Gasteiger partial charge < -0.3 is 4.74 Å². The Morgan fingerprint density at radius 2 is 1.50 bits per heavy atom. The van der Waals surface area contributed by atoms with Crippen LogP contribution >= 0.6 is 0 Å². The molecule has 2 aromatic rings. The molecule has 1 heterocycles. The molecule has 1 saturated heterocycles. The predicted molar refractivity (Wildman–Crippen MR) is 88.4 cm³/mol. The average Bonchev–Trinajstić information content (AvgIpc) is 3.08. The van der Waals surface area contributed by atoms with Crippen molar-refractivity contribution in [3.63, 3.8) is 0 Å². The normalized spacial score (nSPS) is 15.0. The number of benzene rings is 2. The van der Waals surface area contributed by atoms with Crippen LogP contribution in [0.5, 0.6) is 5.75 Å². The van der Waals surface area contributed by atoms with Gasteiger partial charge in [-0.05, 0) is 49.2 Å². The minimum absolute atomic E-state index is 0.211. The first-order chi connectivity index (χ1) is 10.8. The number of hydrogen-bond acceptors (Lipinski definition) is 3. The van der Waals surface area contributed by atoms with Crippen LogP contribution in [0, 0.1) is 0 Å². The number of Topliss-reactive ketones (excluding diaryl/α,β-unsaturated/α-hetero) is 1. The van der Waals surface area contributed by atoms with Crippen LogP contribution in [-0.2, 0) is 0 Å². The summed E-state index contributed by atoms with van der Waals surface area (Å²) in [5.41, 5.74) is 3.03. The van der Waals surface area contributed by atoms with E-state index in [9.17, 15) is 4.79 Å². The largest absolute Gasteiger partial charge is 0.497 e. The molecule has 0 bridgehead atoms. The van der Waals surface area contributed by atoms with E-state index >= 15 is 0 Å². The lowest BCUT2D eigenvalue weighted by Crippen LogP contribution is -2.26. The molecule has 1 aliphatic heterocycles. The third-order valence-electron chi connectivity index (χ3n) is 4.20. The van der Waals surface area contributed by atoms with Crippen LogP contribution in [0.4, 0.5) is 0 Å². The molecule has 0 aliphatic carbocycles. The second-order valence-electron chi connectivity index (χ2n) is 5.71. The average molecular weight is 295 g/mol. The summed E-state index contributed by atoms with van der Waals surface area (Å²) in [6.45, 7) is 2.65. The van der Waals surface area contributed by atoms with Crippen molar-refractivity contribution in [2.24, 2.45) is 0 Å². The van der Waals surface area contributed by atoms with Gasteiger partial charge in [0.2, 0.25) is 0 Å². The van der Waals surface area contributed by atoms with E-state index in [1.807, 2.05) is 48.5 Å². The van der Waals surface area contributed by atoms with Gasteiger partial charge in [0.1, 0.15) is 5.75 Å². The first-order valence-electron chi connectivity index (χ1n) is 7.76. The smallest absolute Gasteiger partial charge is 0.176 e. The maximum atomic E-state index is 12.3. The van der Waals surface area contributed by atoms with Gasteiger partial charge in [0, 0.05) is 5.56 Å². The van der Waals surface area contributed by atoms with Crippen LogP contribution in [-0.4, -0.2) is 37.4 Å². The Balaban J connectivity index is 1.69. The van der Waals surface area contributed by atoms with Crippen molar-refractivity contribution >= 4 is 5.78 Å². The van der Waals surface area contributed by atoms with Crippen LogP contribution in [0.2, 0.25) is 0 Å². The zero-order valence-corrected chi connectivity index (χ0v) is 12.9. The van der Waals surface area contributed by atoms with E-state index in [0.717, 1.165) is 35.5 Å². The Hall–Kier alpha value is -2.13. The highest BCUT2D eigenvalue weighted by molar-refractivity contribution is 5.98. The van der Waals surface area contributed by atoms with Crippen molar-refractivity contribution in [3.05, 3.63) is 54.1 Å². The van der Waals surface area contributed by atoms with Gasteiger partial charge in [-0.2, -0.15) is 0 Å². The zero-order valence-electron chi connectivity index (χ0n) is 12.9. The fourth-order valence-corrected chi connectivity index (χ4v) is 2.87. The number of hydrogen-bond donors (Lipinski definition) is 0. The summed E-state index contributed by atoms with van der Waals surface area (Å²) in [7, 11) is 1.66. The van der Waals surface area contributed by atoms with Crippen molar-refractivity contribution in [3.8, 4) is 16.9 Å². The summed E-state index contributed by atoms with van der Waals surface area (Å²) in [5, 5.41) is 0. The van der Waals surface area contributed by atoms with Crippen molar-refractivity contribution < 1.29 is 9.53 Å². The molecular weight excluding hydrogens is 274 g/mol. The number of carbonyl (C=O) groups is 1. The highest BCUT2D eigenvalue weighted by atomic mass is 16.5. The SMILES string of the molecule is COc1ccc(-c2ccc(C(=O)CN3CCCC3)cc2)cc1. The second kappa shape index (κ2) is 6.75. The first kappa shape index (κ1) is 14.8. The summed E-state index contributed by atoms with van der Waals surface area (Å²) in [6.07, 6.45) is 2.42. The number of ether oxygens (including phenoxy) is 1. The lowest BCUT2D eigenvalue weighted by molar-refractivity contribution is 0.0945. The quantitative estimate of drug-likeness (QED) is 0.789. The lowest BCUT2D eigenvalue weighted by Gasteiger charge is -2.13. The van der Waals surface area contributed by atoms with Crippen molar-refractivity contribution in [2.75, 3.05) is 26.7 Å². The van der Waals surface area contributed by atoms with Gasteiger partial charge >= 0.3 is 0 Å². The molecule has 3 heteroatoms. The van der Waals surface area contributed by atoms with Gasteiger partial charge in [-0.15, -0.1) is 0 Å². The highest BCUT2D eigenvalue weighted by Gasteiger charge is 2.16. The van der Waals surface area contributed by atoms with Crippen LogP contribution in [0.1, 0.15) is 23.2 Å². The molecule has 0 atom stereocenters. The van der Waals surface area contributed by atoms with E-state index in [4.69, 9.17) is 4.74 Å². The molecule has 0 amide bonds. The minimum Gasteiger partial charge on any atom is -0.497 e. The summed E-state index contributed by atoms with van der Waals surface area (Å²) < 4.78 is 5.17. The topological polar surface area (TPSA) is 29.5 Å². The number of ketones is 1. The highest BCUT2D eigenvalue weighted by Crippen LogP contribution is 2.23. The second-order valence-corrected chi connectivity index (χ2v) is 5.71. The number of nitrogens with zero attached hydrogens (tertiary/aromatic N) is 1. The molecule has 2 aromatic carbocycles. The lowest BCUT2D eigenvalue weighted by atomic mass is 10.0. The van der Waals surface area contributed by atoms with E-state index < -0.39 is 0 Å². The first-order valence-corrected chi connectivity index (χ1v) is 7.76. The Kier molecular flexibility index (Phi) is 4.54. The Morgan fingerprint density at radius 1 is 0.955 bits per heavy atom. The van der Waals surface area contributed by atoms with Crippen LogP contribution < -0.4 is 4.74 Å². The van der Waals surface area contributed by atoms with Gasteiger partial charge in [-0.3, -0.25) is 9.69 Å². The molecule has 114 valence electrons. The summed E-state index contributed by atoms with van der Waals surface area (Å²) in [5.74, 6) is 1.06. The van der Waals surface area contributed by atoms with Gasteiger partial charge in [0.15, 0.2) is 5.78 Å². The van der Waals surface area contributed by atoms with E-state index in [-0.39, 0.29) is 5.78 Å². The maximum Gasteiger partial charge on any atom is 0.176 e. The summed E-state index contributed by atoms with van der Waals surface area (Å²) >= 11 is 0. The summed E-state index contributed by atoms with van der Waals surface area (Å²) in [4.78, 5) is 14.5. The van der Waals surface area contributed by atoms with E-state index in [2.05, 4.69) is 4.90 Å². The van der Waals surface area contributed by atoms with Crippen LogP contribution in [0.15, 0.2) is 48.5 Å². The minimum atomic E-state index is 0.211. The van der Waals surface area contributed by atoms with Crippen LogP contribution in [0.3, 0.4) is 0 Å². The molecule has 0 radical (unpaired) electrons. The standard InChI is InChI=1S/C19H21NO2/c1-22-18-10-8-16(9-11-18)15-4-6-17(7-5-15)19(21)14-20-12-2-3-13-20/h4-11H,2-3,12-14H2,1H3. The number of likely N-dealkylation sites (tertiary alicyclic amines) is 1. The molecule has 0 spiro atoms. The van der Waals surface area contributed by atoms with Crippen molar-refractivity contribution in [1.29, 1.82) is 0 Å². The Labute approximate surface area is 131 Å². The molecule has 0 N–H and O–H groups in total. The Morgan fingerprint density at radius 3 is 2.05 bits per heavy atom. The zero-order chi connectivity index (χ0) is 15.4. The number of carbonyl (C=O) groups excluding carboxylic acids is 1. The predicted octanol–water partition coefficient (Wildman–Crippen LogP) is 3.64. The molecule has 3 nitrogen and oxygen atoms in total. The molecule has 0 saturated carbocycles. The molecular formula is C19H21NO2.